The molecule has 0 aromatic carbocycles. The van der Waals surface area contributed by atoms with E-state index in [-0.39, 0.29) is 0 Å². The third-order valence-electron chi connectivity index (χ3n) is 4.04. The highest BCUT2D eigenvalue weighted by atomic mass is 15.1. The van der Waals surface area contributed by atoms with Gasteiger partial charge in [0, 0.05) is 0 Å². The van der Waals surface area contributed by atoms with E-state index in [1.54, 1.807) is 0 Å². The van der Waals surface area contributed by atoms with Gasteiger partial charge in [-0.15, -0.1) is 0 Å². The van der Waals surface area contributed by atoms with Crippen LogP contribution in [-0.4, -0.2) is 62.2 Å². The number of hydrogen-bond acceptors (Lipinski definition) is 3. The summed E-state index contributed by atoms with van der Waals surface area (Å²) in [7, 11) is 0. The van der Waals surface area contributed by atoms with Gasteiger partial charge in [0.1, 0.15) is 0 Å². The quantitative estimate of drug-likeness (QED) is 0.466. The van der Waals surface area contributed by atoms with Crippen molar-refractivity contribution >= 4 is 0 Å². The maximum Gasteiger partial charge on any atom is -0.000666 e. The van der Waals surface area contributed by atoms with Crippen LogP contribution in [-0.2, 0) is 0 Å². The summed E-state index contributed by atoms with van der Waals surface area (Å²) in [5, 5.41) is 3.48. The van der Waals surface area contributed by atoms with Gasteiger partial charge in [-0.25, -0.2) is 0 Å². The average Bonchev–Trinajstić information content (AvgIpc) is 2.48. The van der Waals surface area contributed by atoms with Crippen molar-refractivity contribution < 1.29 is 0 Å². The van der Waals surface area contributed by atoms with E-state index < -0.39 is 0 Å². The largest absolute Gasteiger partial charge is 0.317 e. The van der Waals surface area contributed by atoms with Crippen molar-refractivity contribution in [3.63, 3.8) is 0 Å². The molecule has 1 N–H and O–H groups in total. The summed E-state index contributed by atoms with van der Waals surface area (Å²) >= 11 is 0. The van der Waals surface area contributed by atoms with Gasteiger partial charge in [0.2, 0.25) is 0 Å². The SMILES string of the molecule is CCCNCCCCCN(CC)CCCN(CC)CC. The molecule has 0 aliphatic rings. The molecule has 122 valence electrons. The minimum absolute atomic E-state index is 1.17. The summed E-state index contributed by atoms with van der Waals surface area (Å²) in [6.07, 6.45) is 6.61. The molecule has 0 atom stereocenters. The third-order valence-corrected chi connectivity index (χ3v) is 4.04. The van der Waals surface area contributed by atoms with Crippen molar-refractivity contribution in [3.8, 4) is 0 Å². The number of rotatable bonds is 15. The van der Waals surface area contributed by atoms with Crippen LogP contribution in [0.25, 0.3) is 0 Å². The molecule has 0 radical (unpaired) electrons. The van der Waals surface area contributed by atoms with Crippen molar-refractivity contribution in [1.82, 2.24) is 15.1 Å². The monoisotopic (exact) mass is 285 g/mol. The van der Waals surface area contributed by atoms with E-state index in [9.17, 15) is 0 Å². The Hall–Kier alpha value is -0.120. The van der Waals surface area contributed by atoms with Gasteiger partial charge in [-0.3, -0.25) is 0 Å². The highest BCUT2D eigenvalue weighted by Gasteiger charge is 2.04. The van der Waals surface area contributed by atoms with E-state index in [1.807, 2.05) is 0 Å². The third kappa shape index (κ3) is 11.7. The van der Waals surface area contributed by atoms with E-state index in [1.165, 1.54) is 84.5 Å². The summed E-state index contributed by atoms with van der Waals surface area (Å²) in [6.45, 7) is 18.8. The molecule has 20 heavy (non-hydrogen) atoms. The summed E-state index contributed by atoms with van der Waals surface area (Å²) in [5.74, 6) is 0. The molecule has 0 saturated carbocycles. The minimum atomic E-state index is 1.17. The Labute approximate surface area is 128 Å². The van der Waals surface area contributed by atoms with Crippen LogP contribution in [0.2, 0.25) is 0 Å². The van der Waals surface area contributed by atoms with Crippen LogP contribution in [0.3, 0.4) is 0 Å². The van der Waals surface area contributed by atoms with Crippen molar-refractivity contribution in [2.45, 2.75) is 59.8 Å². The van der Waals surface area contributed by atoms with Crippen LogP contribution >= 0.6 is 0 Å². The Balaban J connectivity index is 3.47. The maximum atomic E-state index is 3.48. The van der Waals surface area contributed by atoms with Gasteiger partial charge in [0.05, 0.1) is 0 Å². The van der Waals surface area contributed by atoms with Crippen LogP contribution in [0.5, 0.6) is 0 Å². The molecule has 0 amide bonds. The first-order valence-corrected chi connectivity index (χ1v) is 8.93. The zero-order chi connectivity index (χ0) is 15.1. The second kappa shape index (κ2) is 15.3. The van der Waals surface area contributed by atoms with Crippen molar-refractivity contribution in [3.05, 3.63) is 0 Å². The molecule has 0 aliphatic heterocycles. The Morgan fingerprint density at radius 3 is 1.80 bits per heavy atom. The van der Waals surface area contributed by atoms with Crippen LogP contribution in [0.4, 0.5) is 0 Å². The summed E-state index contributed by atoms with van der Waals surface area (Å²) in [6, 6.07) is 0. The fraction of sp³-hybridized carbons (Fsp3) is 1.00. The van der Waals surface area contributed by atoms with Crippen LogP contribution in [0.1, 0.15) is 59.8 Å². The standard InChI is InChI=1S/C17H39N3/c1-5-13-18-14-10-9-11-15-20(8-4)17-12-16-19(6-2)7-3/h18H,5-17H2,1-4H3. The molecule has 3 heteroatoms. The molecule has 3 nitrogen and oxygen atoms in total. The van der Waals surface area contributed by atoms with Gasteiger partial charge in [-0.1, -0.05) is 34.1 Å². The summed E-state index contributed by atoms with van der Waals surface area (Å²) in [4.78, 5) is 5.14. The summed E-state index contributed by atoms with van der Waals surface area (Å²) in [5.41, 5.74) is 0. The molecule has 0 aromatic heterocycles. The number of unbranched alkanes of at least 4 members (excludes halogenated alkanes) is 2. The second-order valence-corrected chi connectivity index (χ2v) is 5.63. The Bertz CT molecular complexity index is 181. The number of nitrogens with one attached hydrogen (secondary N) is 1. The normalized spacial score (nSPS) is 11.7. The molecule has 0 bridgehead atoms. The van der Waals surface area contributed by atoms with Crippen LogP contribution in [0.15, 0.2) is 0 Å². The van der Waals surface area contributed by atoms with Gasteiger partial charge in [0.25, 0.3) is 0 Å². The van der Waals surface area contributed by atoms with E-state index in [0.29, 0.717) is 0 Å². The van der Waals surface area contributed by atoms with E-state index in [2.05, 4.69) is 42.8 Å². The van der Waals surface area contributed by atoms with E-state index in [4.69, 9.17) is 0 Å². The Morgan fingerprint density at radius 1 is 0.600 bits per heavy atom. The number of hydrogen-bond donors (Lipinski definition) is 1. The topological polar surface area (TPSA) is 18.5 Å². The highest BCUT2D eigenvalue weighted by molar-refractivity contribution is 4.60. The van der Waals surface area contributed by atoms with Crippen LogP contribution < -0.4 is 5.32 Å². The van der Waals surface area contributed by atoms with Gasteiger partial charge in [-0.2, -0.15) is 0 Å². The molecular weight excluding hydrogens is 246 g/mol. The van der Waals surface area contributed by atoms with Crippen molar-refractivity contribution in [1.29, 1.82) is 0 Å². The highest BCUT2D eigenvalue weighted by Crippen LogP contribution is 2.00. The van der Waals surface area contributed by atoms with E-state index >= 15 is 0 Å². The summed E-state index contributed by atoms with van der Waals surface area (Å²) < 4.78 is 0. The molecule has 0 heterocycles. The molecule has 0 fully saturated rings. The molecular formula is C17H39N3. The maximum absolute atomic E-state index is 3.48. The molecule has 0 unspecified atom stereocenters. The lowest BCUT2D eigenvalue weighted by atomic mass is 10.2. The van der Waals surface area contributed by atoms with Crippen molar-refractivity contribution in [2.75, 3.05) is 52.4 Å². The first kappa shape index (κ1) is 19.9. The molecule has 0 rings (SSSR count). The predicted molar refractivity (Wildman–Crippen MR) is 91.5 cm³/mol. The van der Waals surface area contributed by atoms with Crippen LogP contribution in [0, 0.1) is 0 Å². The van der Waals surface area contributed by atoms with Gasteiger partial charge >= 0.3 is 0 Å². The van der Waals surface area contributed by atoms with Gasteiger partial charge < -0.3 is 15.1 Å². The lowest BCUT2D eigenvalue weighted by Crippen LogP contribution is -2.30. The molecule has 0 aromatic rings. The van der Waals surface area contributed by atoms with E-state index in [0.717, 1.165) is 0 Å². The van der Waals surface area contributed by atoms with Gasteiger partial charge in [-0.05, 0) is 78.0 Å². The first-order chi connectivity index (χ1) is 9.78. The Kier molecular flexibility index (Phi) is 15.2. The Morgan fingerprint density at radius 2 is 1.20 bits per heavy atom. The molecule has 0 saturated heterocycles. The fourth-order valence-corrected chi connectivity index (χ4v) is 2.55. The lowest BCUT2D eigenvalue weighted by Gasteiger charge is -2.23. The zero-order valence-corrected chi connectivity index (χ0v) is 14.6. The first-order valence-electron chi connectivity index (χ1n) is 8.93. The second-order valence-electron chi connectivity index (χ2n) is 5.63. The zero-order valence-electron chi connectivity index (χ0n) is 14.6. The average molecular weight is 286 g/mol. The van der Waals surface area contributed by atoms with Gasteiger partial charge in [0.15, 0.2) is 0 Å². The lowest BCUT2D eigenvalue weighted by molar-refractivity contribution is 0.240. The number of nitrogens with zero attached hydrogens (tertiary/aromatic N) is 2. The smallest absolute Gasteiger partial charge is 0.000666 e. The molecule has 0 spiro atoms. The predicted octanol–water partition coefficient (Wildman–Crippen LogP) is 3.21. The molecule has 0 aliphatic carbocycles. The minimum Gasteiger partial charge on any atom is -0.317 e. The van der Waals surface area contributed by atoms with Crippen molar-refractivity contribution in [2.24, 2.45) is 0 Å². The fourth-order valence-electron chi connectivity index (χ4n) is 2.55.